The van der Waals surface area contributed by atoms with E-state index >= 15 is 0 Å². The Morgan fingerprint density at radius 1 is 0.824 bits per heavy atom. The summed E-state index contributed by atoms with van der Waals surface area (Å²) in [5.41, 5.74) is 3.92. The fourth-order valence-electron chi connectivity index (χ4n) is 3.43. The minimum absolute atomic E-state index is 0.0537. The fourth-order valence-corrected chi connectivity index (χ4v) is 3.43. The van der Waals surface area contributed by atoms with Crippen LogP contribution in [0.3, 0.4) is 0 Å². The average molecular weight is 459 g/mol. The highest BCUT2D eigenvalue weighted by atomic mass is 16.5. The van der Waals surface area contributed by atoms with Crippen LogP contribution in [-0.2, 0) is 9.59 Å². The van der Waals surface area contributed by atoms with Gasteiger partial charge in [0, 0.05) is 6.42 Å². The summed E-state index contributed by atoms with van der Waals surface area (Å²) in [4.78, 5) is 25.3. The van der Waals surface area contributed by atoms with Crippen molar-refractivity contribution in [3.8, 4) is 17.2 Å². The lowest BCUT2D eigenvalue weighted by molar-refractivity contribution is -0.117. The molecular formula is C27H26N2O5. The summed E-state index contributed by atoms with van der Waals surface area (Å²) in [7, 11) is 0. The normalized spacial score (nSPS) is 14.3. The molecule has 34 heavy (non-hydrogen) atoms. The second-order valence-electron chi connectivity index (χ2n) is 7.48. The van der Waals surface area contributed by atoms with Crippen LogP contribution >= 0.6 is 0 Å². The van der Waals surface area contributed by atoms with Gasteiger partial charge >= 0.3 is 0 Å². The zero-order valence-corrected chi connectivity index (χ0v) is 18.9. The third kappa shape index (κ3) is 5.56. The van der Waals surface area contributed by atoms with Crippen molar-refractivity contribution in [3.05, 3.63) is 90.0 Å². The van der Waals surface area contributed by atoms with Crippen LogP contribution in [-0.4, -0.2) is 31.6 Å². The maximum Gasteiger partial charge on any atom is 0.282 e. The molecule has 174 valence electrons. The van der Waals surface area contributed by atoms with E-state index in [1.165, 1.54) is 5.01 Å². The highest BCUT2D eigenvalue weighted by Crippen LogP contribution is 2.30. The number of amides is 2. The van der Waals surface area contributed by atoms with Crippen LogP contribution in [0.1, 0.15) is 18.9 Å². The fraction of sp³-hybridized carbons (Fsp3) is 0.185. The van der Waals surface area contributed by atoms with Crippen LogP contribution in [0.5, 0.6) is 17.2 Å². The van der Waals surface area contributed by atoms with Crippen molar-refractivity contribution in [1.82, 2.24) is 5.43 Å². The van der Waals surface area contributed by atoms with Gasteiger partial charge in [0.15, 0.2) is 11.5 Å². The van der Waals surface area contributed by atoms with Gasteiger partial charge in [0.1, 0.15) is 11.3 Å². The molecule has 1 N–H and O–H groups in total. The Morgan fingerprint density at radius 2 is 1.53 bits per heavy atom. The maximum absolute atomic E-state index is 12.8. The summed E-state index contributed by atoms with van der Waals surface area (Å²) >= 11 is 0. The number of carbonyl (C=O) groups is 2. The van der Waals surface area contributed by atoms with E-state index in [4.69, 9.17) is 14.2 Å². The molecule has 0 radical (unpaired) electrons. The number of nitrogens with zero attached hydrogens (tertiary/aromatic N) is 1. The third-order valence-corrected chi connectivity index (χ3v) is 5.04. The van der Waals surface area contributed by atoms with E-state index in [2.05, 4.69) is 5.43 Å². The van der Waals surface area contributed by atoms with Crippen LogP contribution < -0.4 is 24.6 Å². The zero-order chi connectivity index (χ0) is 23.8. The van der Waals surface area contributed by atoms with Crippen molar-refractivity contribution >= 4 is 23.6 Å². The molecule has 7 heteroatoms. The van der Waals surface area contributed by atoms with Crippen LogP contribution in [0.25, 0.3) is 6.08 Å². The maximum atomic E-state index is 12.8. The van der Waals surface area contributed by atoms with E-state index < -0.39 is 11.8 Å². The van der Waals surface area contributed by atoms with Gasteiger partial charge in [0.05, 0.1) is 25.5 Å². The van der Waals surface area contributed by atoms with Crippen LogP contribution in [0.2, 0.25) is 0 Å². The molecule has 1 aliphatic rings. The number of hydrazine groups is 1. The molecule has 1 aliphatic heterocycles. The van der Waals surface area contributed by atoms with E-state index in [0.29, 0.717) is 49.0 Å². The summed E-state index contributed by atoms with van der Waals surface area (Å²) in [5.74, 6) is 1.10. The van der Waals surface area contributed by atoms with Crippen molar-refractivity contribution in [2.45, 2.75) is 13.3 Å². The molecule has 0 unspecified atom stereocenters. The number of hydrogen-bond acceptors (Lipinski definition) is 5. The number of para-hydroxylation sites is 2. The quantitative estimate of drug-likeness (QED) is 0.277. The number of ether oxygens (including phenoxy) is 3. The Labute approximate surface area is 198 Å². The number of nitrogens with one attached hydrogen (secondary N) is 1. The minimum atomic E-state index is -0.453. The van der Waals surface area contributed by atoms with Crippen molar-refractivity contribution in [2.24, 2.45) is 0 Å². The van der Waals surface area contributed by atoms with E-state index in [0.717, 1.165) is 5.75 Å². The van der Waals surface area contributed by atoms with Gasteiger partial charge in [-0.1, -0.05) is 42.5 Å². The van der Waals surface area contributed by atoms with Gasteiger partial charge in [0.2, 0.25) is 0 Å². The lowest BCUT2D eigenvalue weighted by atomic mass is 10.1. The molecule has 1 fully saturated rings. The van der Waals surface area contributed by atoms with Gasteiger partial charge in [-0.05, 0) is 55.0 Å². The molecule has 7 nitrogen and oxygen atoms in total. The summed E-state index contributed by atoms with van der Waals surface area (Å²) in [5, 5.41) is 1.24. The molecule has 3 aromatic carbocycles. The SMILES string of the molecule is CCOc1cc(C=C2C(=O)NN(c3ccccc3)C2=O)ccc1OCCCOc1ccccc1. The van der Waals surface area contributed by atoms with Crippen molar-refractivity contribution < 1.29 is 23.8 Å². The smallest absolute Gasteiger partial charge is 0.282 e. The summed E-state index contributed by atoms with van der Waals surface area (Å²) in [6.45, 7) is 3.33. The molecule has 0 spiro atoms. The monoisotopic (exact) mass is 458 g/mol. The highest BCUT2D eigenvalue weighted by molar-refractivity contribution is 6.31. The molecule has 1 saturated heterocycles. The minimum Gasteiger partial charge on any atom is -0.493 e. The van der Waals surface area contributed by atoms with Crippen molar-refractivity contribution in [1.29, 1.82) is 0 Å². The van der Waals surface area contributed by atoms with Crippen molar-refractivity contribution in [3.63, 3.8) is 0 Å². The Balaban J connectivity index is 1.41. The molecule has 0 atom stereocenters. The summed E-state index contributed by atoms with van der Waals surface area (Å²) in [6, 6.07) is 23.9. The third-order valence-electron chi connectivity index (χ3n) is 5.04. The van der Waals surface area contributed by atoms with E-state index in [1.807, 2.05) is 43.3 Å². The first-order valence-electron chi connectivity index (χ1n) is 11.2. The Morgan fingerprint density at radius 3 is 2.26 bits per heavy atom. The number of hydrogen-bond donors (Lipinski definition) is 1. The Kier molecular flexibility index (Phi) is 7.45. The van der Waals surface area contributed by atoms with Crippen LogP contribution in [0.15, 0.2) is 84.4 Å². The lowest BCUT2D eigenvalue weighted by Crippen LogP contribution is -2.35. The van der Waals surface area contributed by atoms with Gasteiger partial charge in [-0.25, -0.2) is 5.01 Å². The number of carbonyl (C=O) groups excluding carboxylic acids is 2. The van der Waals surface area contributed by atoms with E-state index in [-0.39, 0.29) is 5.57 Å². The first kappa shape index (κ1) is 22.9. The molecule has 0 bridgehead atoms. The predicted molar refractivity (Wildman–Crippen MR) is 130 cm³/mol. The van der Waals surface area contributed by atoms with E-state index in [9.17, 15) is 9.59 Å². The first-order chi connectivity index (χ1) is 16.7. The first-order valence-corrected chi connectivity index (χ1v) is 11.2. The molecule has 3 aromatic rings. The largest absolute Gasteiger partial charge is 0.493 e. The van der Waals surface area contributed by atoms with Crippen LogP contribution in [0.4, 0.5) is 5.69 Å². The molecule has 4 rings (SSSR count). The molecular weight excluding hydrogens is 432 g/mol. The van der Waals surface area contributed by atoms with Crippen LogP contribution in [0, 0.1) is 0 Å². The Bertz CT molecular complexity index is 1160. The highest BCUT2D eigenvalue weighted by Gasteiger charge is 2.34. The second-order valence-corrected chi connectivity index (χ2v) is 7.48. The lowest BCUT2D eigenvalue weighted by Gasteiger charge is -2.14. The number of rotatable bonds is 10. The topological polar surface area (TPSA) is 77.1 Å². The number of benzene rings is 3. The van der Waals surface area contributed by atoms with Gasteiger partial charge < -0.3 is 14.2 Å². The molecule has 2 amide bonds. The van der Waals surface area contributed by atoms with Gasteiger partial charge in [-0.3, -0.25) is 15.0 Å². The molecule has 1 heterocycles. The molecule has 0 saturated carbocycles. The van der Waals surface area contributed by atoms with Gasteiger partial charge in [-0.15, -0.1) is 0 Å². The van der Waals surface area contributed by atoms with E-state index in [1.54, 1.807) is 48.5 Å². The van der Waals surface area contributed by atoms with Crippen molar-refractivity contribution in [2.75, 3.05) is 24.8 Å². The zero-order valence-electron chi connectivity index (χ0n) is 18.9. The predicted octanol–water partition coefficient (Wildman–Crippen LogP) is 4.39. The summed E-state index contributed by atoms with van der Waals surface area (Å²) in [6.07, 6.45) is 2.26. The number of anilines is 1. The summed E-state index contributed by atoms with van der Waals surface area (Å²) < 4.78 is 17.3. The van der Waals surface area contributed by atoms with Gasteiger partial charge in [0.25, 0.3) is 11.8 Å². The molecule has 0 aromatic heterocycles. The average Bonchev–Trinajstić information content (AvgIpc) is 3.14. The Hall–Kier alpha value is -4.26. The molecule has 0 aliphatic carbocycles. The standard InChI is InChI=1S/C27H26N2O5/c1-2-32-25-19-20(14-15-24(25)34-17-9-16-33-22-12-7-4-8-13-22)18-23-26(30)28-29(27(23)31)21-10-5-3-6-11-21/h3-8,10-15,18-19H,2,9,16-17H2,1H3,(H,28,30). The second kappa shape index (κ2) is 11.0. The van der Waals surface area contributed by atoms with Gasteiger partial charge in [-0.2, -0.15) is 0 Å².